The van der Waals surface area contributed by atoms with Crippen molar-refractivity contribution in [2.24, 2.45) is 0 Å². The van der Waals surface area contributed by atoms with Crippen molar-refractivity contribution in [2.75, 3.05) is 12.4 Å². The minimum absolute atomic E-state index is 0.0978. The maximum atomic E-state index is 13.4. The van der Waals surface area contributed by atoms with Crippen LogP contribution in [-0.4, -0.2) is 31.6 Å². The zero-order valence-electron chi connectivity index (χ0n) is 20.6. The number of carbonyl (C=O) groups is 1. The highest BCUT2D eigenvalue weighted by molar-refractivity contribution is 7.89. The topological polar surface area (TPSA) is 116 Å². The molecule has 0 bridgehead atoms. The number of fused-ring (bicyclic) bond motifs is 3. The summed E-state index contributed by atoms with van der Waals surface area (Å²) in [6, 6.07) is 14.1. The van der Waals surface area contributed by atoms with Crippen molar-refractivity contribution >= 4 is 27.2 Å². The van der Waals surface area contributed by atoms with Crippen molar-refractivity contribution in [3.05, 3.63) is 87.5 Å². The molecule has 0 radical (unpaired) electrons. The van der Waals surface area contributed by atoms with E-state index < -0.39 is 15.9 Å². The summed E-state index contributed by atoms with van der Waals surface area (Å²) in [4.78, 5) is 13.5. The van der Waals surface area contributed by atoms with Gasteiger partial charge in [0.05, 0.1) is 10.8 Å². The molecule has 1 heterocycles. The molecule has 1 amide bonds. The van der Waals surface area contributed by atoms with Gasteiger partial charge in [-0.2, -0.15) is 0 Å². The summed E-state index contributed by atoms with van der Waals surface area (Å²) in [6.07, 6.45) is 3.38. The molecule has 0 saturated heterocycles. The van der Waals surface area contributed by atoms with Gasteiger partial charge in [-0.05, 0) is 86.2 Å². The predicted molar refractivity (Wildman–Crippen MR) is 141 cm³/mol. The van der Waals surface area contributed by atoms with Crippen molar-refractivity contribution in [3.8, 4) is 11.5 Å². The molecule has 2 unspecified atom stereocenters. The molecule has 3 aromatic carbocycles. The van der Waals surface area contributed by atoms with E-state index in [0.717, 1.165) is 52.7 Å². The van der Waals surface area contributed by atoms with Gasteiger partial charge in [-0.15, -0.1) is 0 Å². The smallest absolute Gasteiger partial charge is 0.240 e. The van der Waals surface area contributed by atoms with Gasteiger partial charge in [-0.3, -0.25) is 4.79 Å². The van der Waals surface area contributed by atoms with Crippen molar-refractivity contribution in [2.45, 2.75) is 49.3 Å². The first-order valence-electron chi connectivity index (χ1n) is 12.5. The number of phenols is 2. The Morgan fingerprint density at radius 2 is 1.65 bits per heavy atom. The van der Waals surface area contributed by atoms with Crippen LogP contribution in [0.1, 0.15) is 65.0 Å². The Hall–Kier alpha value is -3.62. The highest BCUT2D eigenvalue weighted by Gasteiger charge is 2.44. The normalized spacial score (nSPS) is 20.4. The molecule has 6 rings (SSSR count). The van der Waals surface area contributed by atoms with Crippen LogP contribution in [-0.2, 0) is 27.7 Å². The standard InChI is InChI=1S/C29H28N2O5S/c1-15-25(22-14-24(32)17-7-3-6-10-20(17)28(22)33)18-8-4-5-9-19(18)26(15)27-21-13-16(37(35,36)30-2)11-12-23(21)31-29(27)34/h4-5,8-9,11-14,26-27,30,32-33H,3,6-7,10H2,1-2H3,(H,31,34). The molecule has 0 saturated carbocycles. The second kappa shape index (κ2) is 8.46. The van der Waals surface area contributed by atoms with E-state index in [0.29, 0.717) is 23.2 Å². The first-order valence-corrected chi connectivity index (χ1v) is 14.0. The van der Waals surface area contributed by atoms with Crippen LogP contribution in [0.3, 0.4) is 0 Å². The number of nitrogens with one attached hydrogen (secondary N) is 2. The van der Waals surface area contributed by atoms with E-state index in [1.807, 2.05) is 31.2 Å². The van der Waals surface area contributed by atoms with E-state index in [1.54, 1.807) is 18.2 Å². The molecule has 0 fully saturated rings. The SMILES string of the molecule is CNS(=O)(=O)c1ccc2c(c1)C(C1C(C)=C(c3cc(O)c4c(c3O)CCCC4)c3ccccc31)C(=O)N2. The maximum absolute atomic E-state index is 13.4. The minimum atomic E-state index is -3.69. The number of benzene rings is 3. The van der Waals surface area contributed by atoms with Crippen LogP contribution in [0, 0.1) is 0 Å². The molecule has 7 nitrogen and oxygen atoms in total. The molecular weight excluding hydrogens is 488 g/mol. The highest BCUT2D eigenvalue weighted by Crippen LogP contribution is 2.55. The number of hydrogen-bond acceptors (Lipinski definition) is 5. The molecule has 2 aliphatic carbocycles. The van der Waals surface area contributed by atoms with Gasteiger partial charge in [-0.25, -0.2) is 13.1 Å². The summed E-state index contributed by atoms with van der Waals surface area (Å²) < 4.78 is 27.4. The molecule has 8 heteroatoms. The second-order valence-electron chi connectivity index (χ2n) is 10.0. The van der Waals surface area contributed by atoms with Gasteiger partial charge in [0.2, 0.25) is 15.9 Å². The number of amides is 1. The summed E-state index contributed by atoms with van der Waals surface area (Å²) in [5, 5.41) is 25.2. The van der Waals surface area contributed by atoms with Crippen LogP contribution in [0.4, 0.5) is 5.69 Å². The molecule has 0 spiro atoms. The summed E-state index contributed by atoms with van der Waals surface area (Å²) in [6.45, 7) is 1.95. The average molecular weight is 517 g/mol. The molecule has 37 heavy (non-hydrogen) atoms. The van der Waals surface area contributed by atoms with E-state index >= 15 is 0 Å². The van der Waals surface area contributed by atoms with Crippen LogP contribution >= 0.6 is 0 Å². The zero-order chi connectivity index (χ0) is 26.1. The van der Waals surface area contributed by atoms with E-state index in [1.165, 1.54) is 13.1 Å². The van der Waals surface area contributed by atoms with Crippen LogP contribution in [0.5, 0.6) is 11.5 Å². The van der Waals surface area contributed by atoms with Crippen LogP contribution in [0.2, 0.25) is 0 Å². The Labute approximate surface area is 215 Å². The average Bonchev–Trinajstić information content (AvgIpc) is 3.37. The fraction of sp³-hybridized carbons (Fsp3) is 0.276. The van der Waals surface area contributed by atoms with Gasteiger partial charge in [-0.1, -0.05) is 29.8 Å². The van der Waals surface area contributed by atoms with E-state index in [2.05, 4.69) is 10.0 Å². The highest BCUT2D eigenvalue weighted by atomic mass is 32.2. The number of allylic oxidation sites excluding steroid dienone is 1. The number of hydrogen-bond donors (Lipinski definition) is 4. The minimum Gasteiger partial charge on any atom is -0.508 e. The molecule has 190 valence electrons. The summed E-state index contributed by atoms with van der Waals surface area (Å²) in [7, 11) is -2.34. The van der Waals surface area contributed by atoms with Crippen molar-refractivity contribution in [1.82, 2.24) is 4.72 Å². The van der Waals surface area contributed by atoms with Crippen LogP contribution in [0.15, 0.2) is 59.0 Å². The molecule has 4 N–H and O–H groups in total. The van der Waals surface area contributed by atoms with Gasteiger partial charge >= 0.3 is 0 Å². The monoisotopic (exact) mass is 516 g/mol. The lowest BCUT2D eigenvalue weighted by Gasteiger charge is -2.22. The summed E-state index contributed by atoms with van der Waals surface area (Å²) in [5.74, 6) is -0.830. The Morgan fingerprint density at radius 3 is 2.41 bits per heavy atom. The number of aromatic hydroxyl groups is 2. The fourth-order valence-electron chi connectivity index (χ4n) is 6.36. The summed E-state index contributed by atoms with van der Waals surface area (Å²) in [5.41, 5.74) is 6.93. The second-order valence-corrected chi connectivity index (χ2v) is 11.9. The molecule has 3 aromatic rings. The Balaban J connectivity index is 1.55. The fourth-order valence-corrected chi connectivity index (χ4v) is 7.12. The Bertz CT molecular complexity index is 1620. The largest absolute Gasteiger partial charge is 0.508 e. The number of sulfonamides is 1. The van der Waals surface area contributed by atoms with Gasteiger partial charge < -0.3 is 15.5 Å². The molecular formula is C29H28N2O5S. The quantitative estimate of drug-likeness (QED) is 0.380. The summed E-state index contributed by atoms with van der Waals surface area (Å²) >= 11 is 0. The van der Waals surface area contributed by atoms with Gasteiger partial charge in [0, 0.05) is 28.3 Å². The Kier molecular flexibility index (Phi) is 5.43. The van der Waals surface area contributed by atoms with Crippen LogP contribution in [0.25, 0.3) is 5.57 Å². The van der Waals surface area contributed by atoms with Crippen molar-refractivity contribution < 1.29 is 23.4 Å². The third-order valence-corrected chi connectivity index (χ3v) is 9.52. The van der Waals surface area contributed by atoms with Gasteiger partial charge in [0.15, 0.2) is 0 Å². The number of rotatable bonds is 4. The van der Waals surface area contributed by atoms with E-state index in [-0.39, 0.29) is 28.2 Å². The van der Waals surface area contributed by atoms with E-state index in [4.69, 9.17) is 0 Å². The van der Waals surface area contributed by atoms with E-state index in [9.17, 15) is 23.4 Å². The van der Waals surface area contributed by atoms with Crippen LogP contribution < -0.4 is 10.0 Å². The van der Waals surface area contributed by atoms with Crippen molar-refractivity contribution in [1.29, 1.82) is 0 Å². The van der Waals surface area contributed by atoms with Gasteiger partial charge in [0.1, 0.15) is 11.5 Å². The molecule has 0 aromatic heterocycles. The van der Waals surface area contributed by atoms with Crippen molar-refractivity contribution in [3.63, 3.8) is 0 Å². The molecule has 1 aliphatic heterocycles. The number of phenolic OH excluding ortho intramolecular Hbond substituents is 2. The maximum Gasteiger partial charge on any atom is 0.240 e. The third kappa shape index (κ3) is 3.50. The molecule has 3 aliphatic rings. The number of anilines is 1. The zero-order valence-corrected chi connectivity index (χ0v) is 21.4. The lowest BCUT2D eigenvalue weighted by Crippen LogP contribution is -2.20. The predicted octanol–water partition coefficient (Wildman–Crippen LogP) is 4.54. The lowest BCUT2D eigenvalue weighted by atomic mass is 9.80. The number of carbonyl (C=O) groups excluding carboxylic acids is 1. The molecule has 2 atom stereocenters. The van der Waals surface area contributed by atoms with Gasteiger partial charge in [0.25, 0.3) is 0 Å². The first-order chi connectivity index (χ1) is 17.7. The first kappa shape index (κ1) is 23.8. The Morgan fingerprint density at radius 1 is 0.919 bits per heavy atom. The third-order valence-electron chi connectivity index (χ3n) is 8.11. The lowest BCUT2D eigenvalue weighted by molar-refractivity contribution is -0.117.